The van der Waals surface area contributed by atoms with Gasteiger partial charge in [0.2, 0.25) is 0 Å². The first-order chi connectivity index (χ1) is 11.2. The molecule has 1 N–H and O–H groups in total. The van der Waals surface area contributed by atoms with Gasteiger partial charge in [0.15, 0.2) is 0 Å². The average molecular weight is 310 g/mol. The number of amides is 1. The van der Waals surface area contributed by atoms with E-state index in [-0.39, 0.29) is 5.91 Å². The third-order valence-corrected chi connectivity index (χ3v) is 3.59. The van der Waals surface area contributed by atoms with Gasteiger partial charge in [-0.2, -0.15) is 15.4 Å². The largest absolute Gasteiger partial charge is 0.494 e. The summed E-state index contributed by atoms with van der Waals surface area (Å²) in [5.41, 5.74) is 2.99. The van der Waals surface area contributed by atoms with Gasteiger partial charge in [0.25, 0.3) is 5.91 Å². The van der Waals surface area contributed by atoms with Gasteiger partial charge in [-0.3, -0.25) is 4.79 Å². The summed E-state index contributed by atoms with van der Waals surface area (Å²) < 4.78 is 5.61. The molecule has 3 aromatic rings. The van der Waals surface area contributed by atoms with E-state index in [1.165, 1.54) is 0 Å². The molecule has 0 saturated heterocycles. The van der Waals surface area contributed by atoms with Crippen molar-refractivity contribution >= 4 is 16.9 Å². The number of aromatic amines is 1. The zero-order chi connectivity index (χ0) is 16.2. The van der Waals surface area contributed by atoms with E-state index in [1.54, 1.807) is 30.1 Å². The number of rotatable bonds is 5. The van der Waals surface area contributed by atoms with Crippen molar-refractivity contribution in [3.05, 3.63) is 53.6 Å². The van der Waals surface area contributed by atoms with Gasteiger partial charge in [0.1, 0.15) is 16.8 Å². The van der Waals surface area contributed by atoms with Crippen molar-refractivity contribution in [3.8, 4) is 5.75 Å². The molecule has 0 radical (unpaired) electrons. The van der Waals surface area contributed by atoms with E-state index in [0.717, 1.165) is 16.8 Å². The van der Waals surface area contributed by atoms with Crippen molar-refractivity contribution in [1.82, 2.24) is 20.3 Å². The van der Waals surface area contributed by atoms with Gasteiger partial charge in [0.05, 0.1) is 6.61 Å². The molecule has 0 unspecified atom stereocenters. The monoisotopic (exact) mass is 310 g/mol. The number of nitrogens with zero attached hydrogens (tertiary/aromatic N) is 3. The van der Waals surface area contributed by atoms with Crippen molar-refractivity contribution < 1.29 is 9.53 Å². The van der Waals surface area contributed by atoms with Crippen LogP contribution in [0, 0.1) is 0 Å². The maximum absolute atomic E-state index is 12.6. The van der Waals surface area contributed by atoms with Crippen molar-refractivity contribution in [2.45, 2.75) is 13.5 Å². The van der Waals surface area contributed by atoms with Gasteiger partial charge >= 0.3 is 0 Å². The summed E-state index contributed by atoms with van der Waals surface area (Å²) >= 11 is 0. The van der Waals surface area contributed by atoms with Crippen LogP contribution >= 0.6 is 0 Å². The standard InChI is InChI=1S/C17H18N4O2/c1-3-23-16-7-5-4-6-13(16)11-21(2)17(22)12-8-9-14-15(10-12)19-20-18-14/h4-10H,3,11H2,1-2H3,(H,18,19,20). The second-order valence-corrected chi connectivity index (χ2v) is 5.23. The van der Waals surface area contributed by atoms with Crippen LogP contribution in [0.3, 0.4) is 0 Å². The SMILES string of the molecule is CCOc1ccccc1CN(C)C(=O)c1ccc2n[nH]nc2c1. The Bertz CT molecular complexity index is 828. The number of carbonyl (C=O) groups excluding carboxylic acids is 1. The number of hydrogen-bond acceptors (Lipinski definition) is 4. The van der Waals surface area contributed by atoms with Crippen LogP contribution in [0.4, 0.5) is 0 Å². The highest BCUT2D eigenvalue weighted by atomic mass is 16.5. The minimum atomic E-state index is -0.0683. The molecule has 0 aliphatic rings. The number of H-pyrrole nitrogens is 1. The second-order valence-electron chi connectivity index (χ2n) is 5.23. The van der Waals surface area contributed by atoms with Crippen LogP contribution < -0.4 is 4.74 Å². The molecular formula is C17H18N4O2. The Morgan fingerprint density at radius 2 is 1.96 bits per heavy atom. The summed E-state index contributed by atoms with van der Waals surface area (Å²) in [6, 6.07) is 13.0. The molecular weight excluding hydrogens is 292 g/mol. The van der Waals surface area contributed by atoms with Crippen LogP contribution in [0.15, 0.2) is 42.5 Å². The molecule has 23 heavy (non-hydrogen) atoms. The Morgan fingerprint density at radius 1 is 1.17 bits per heavy atom. The van der Waals surface area contributed by atoms with Gasteiger partial charge in [-0.15, -0.1) is 0 Å². The van der Waals surface area contributed by atoms with Crippen LogP contribution in [0.1, 0.15) is 22.8 Å². The number of carbonyl (C=O) groups is 1. The number of ether oxygens (including phenoxy) is 1. The third kappa shape index (κ3) is 3.15. The lowest BCUT2D eigenvalue weighted by Crippen LogP contribution is -2.26. The summed E-state index contributed by atoms with van der Waals surface area (Å²) in [4.78, 5) is 14.3. The Hall–Kier alpha value is -2.89. The number of benzene rings is 2. The predicted octanol–water partition coefficient (Wildman–Crippen LogP) is 2.63. The Kier molecular flexibility index (Phi) is 4.23. The highest BCUT2D eigenvalue weighted by Crippen LogP contribution is 2.20. The predicted molar refractivity (Wildman–Crippen MR) is 87.3 cm³/mol. The van der Waals surface area contributed by atoms with Crippen LogP contribution in [0.5, 0.6) is 5.75 Å². The summed E-state index contributed by atoms with van der Waals surface area (Å²) in [5.74, 6) is 0.739. The highest BCUT2D eigenvalue weighted by molar-refractivity contribution is 5.97. The number of hydrogen-bond donors (Lipinski definition) is 1. The maximum Gasteiger partial charge on any atom is 0.253 e. The molecule has 6 nitrogen and oxygen atoms in total. The van der Waals surface area contributed by atoms with Gasteiger partial charge in [-0.1, -0.05) is 18.2 Å². The minimum absolute atomic E-state index is 0.0683. The number of nitrogens with one attached hydrogen (secondary N) is 1. The summed E-state index contributed by atoms with van der Waals surface area (Å²) in [6.45, 7) is 3.02. The lowest BCUT2D eigenvalue weighted by Gasteiger charge is -2.19. The van der Waals surface area contributed by atoms with Crippen molar-refractivity contribution in [3.63, 3.8) is 0 Å². The molecule has 1 aromatic heterocycles. The number of para-hydroxylation sites is 1. The summed E-state index contributed by atoms with van der Waals surface area (Å²) in [6.07, 6.45) is 0. The van der Waals surface area contributed by atoms with Gasteiger partial charge in [-0.05, 0) is 31.2 Å². The Morgan fingerprint density at radius 3 is 2.78 bits per heavy atom. The molecule has 118 valence electrons. The van der Waals surface area contributed by atoms with Crippen molar-refractivity contribution in [2.24, 2.45) is 0 Å². The first-order valence-electron chi connectivity index (χ1n) is 7.45. The molecule has 2 aromatic carbocycles. The fourth-order valence-corrected chi connectivity index (χ4v) is 2.45. The quantitative estimate of drug-likeness (QED) is 0.786. The molecule has 0 fully saturated rings. The second kappa shape index (κ2) is 6.48. The molecule has 1 amide bonds. The molecule has 0 bridgehead atoms. The molecule has 0 aliphatic carbocycles. The van der Waals surface area contributed by atoms with E-state index >= 15 is 0 Å². The number of aromatic nitrogens is 3. The molecule has 3 rings (SSSR count). The van der Waals surface area contributed by atoms with Gasteiger partial charge in [0, 0.05) is 24.7 Å². The van der Waals surface area contributed by atoms with Crippen LogP contribution in [0.2, 0.25) is 0 Å². The van der Waals surface area contributed by atoms with E-state index < -0.39 is 0 Å². The lowest BCUT2D eigenvalue weighted by molar-refractivity contribution is 0.0784. The van der Waals surface area contributed by atoms with Crippen LogP contribution in [0.25, 0.3) is 11.0 Å². The topological polar surface area (TPSA) is 71.1 Å². The summed E-state index contributed by atoms with van der Waals surface area (Å²) in [7, 11) is 1.78. The minimum Gasteiger partial charge on any atom is -0.494 e. The van der Waals surface area contributed by atoms with E-state index in [4.69, 9.17) is 4.74 Å². The Labute approximate surface area is 134 Å². The molecule has 0 aliphatic heterocycles. The van der Waals surface area contributed by atoms with E-state index in [9.17, 15) is 4.79 Å². The normalized spacial score (nSPS) is 10.7. The van der Waals surface area contributed by atoms with E-state index in [2.05, 4.69) is 15.4 Å². The zero-order valence-electron chi connectivity index (χ0n) is 13.1. The lowest BCUT2D eigenvalue weighted by atomic mass is 10.1. The third-order valence-electron chi connectivity index (χ3n) is 3.59. The smallest absolute Gasteiger partial charge is 0.253 e. The maximum atomic E-state index is 12.6. The Balaban J connectivity index is 1.79. The van der Waals surface area contributed by atoms with Gasteiger partial charge in [-0.25, -0.2) is 0 Å². The molecule has 0 saturated carbocycles. The van der Waals surface area contributed by atoms with Gasteiger partial charge < -0.3 is 9.64 Å². The highest BCUT2D eigenvalue weighted by Gasteiger charge is 2.15. The molecule has 0 atom stereocenters. The first kappa shape index (κ1) is 15.0. The fourth-order valence-electron chi connectivity index (χ4n) is 2.45. The molecule has 0 spiro atoms. The summed E-state index contributed by atoms with van der Waals surface area (Å²) in [5, 5.41) is 10.6. The zero-order valence-corrected chi connectivity index (χ0v) is 13.1. The van der Waals surface area contributed by atoms with Crippen LogP contribution in [-0.2, 0) is 6.54 Å². The van der Waals surface area contributed by atoms with E-state index in [1.807, 2.05) is 31.2 Å². The number of fused-ring (bicyclic) bond motifs is 1. The van der Waals surface area contributed by atoms with Crippen LogP contribution in [-0.4, -0.2) is 39.9 Å². The fraction of sp³-hybridized carbons (Fsp3) is 0.235. The average Bonchev–Trinajstić information content (AvgIpc) is 3.03. The van der Waals surface area contributed by atoms with Crippen molar-refractivity contribution in [1.29, 1.82) is 0 Å². The van der Waals surface area contributed by atoms with E-state index in [0.29, 0.717) is 24.2 Å². The first-order valence-corrected chi connectivity index (χ1v) is 7.45. The molecule has 1 heterocycles. The van der Waals surface area contributed by atoms with Crippen molar-refractivity contribution in [2.75, 3.05) is 13.7 Å². The molecule has 6 heteroatoms.